The maximum Gasteiger partial charge on any atom is 0.344 e. The van der Waals surface area contributed by atoms with Gasteiger partial charge < -0.3 is 4.42 Å². The fourth-order valence-electron chi connectivity index (χ4n) is 2.30. The second-order valence-corrected chi connectivity index (χ2v) is 5.46. The van der Waals surface area contributed by atoms with Gasteiger partial charge in [0, 0.05) is 9.86 Å². The second kappa shape index (κ2) is 4.87. The summed E-state index contributed by atoms with van der Waals surface area (Å²) in [5.74, 6) is -0.352. The topological polar surface area (TPSA) is 30.2 Å². The molecule has 0 bridgehead atoms. The third kappa shape index (κ3) is 2.16. The van der Waals surface area contributed by atoms with Gasteiger partial charge in [-0.25, -0.2) is 9.18 Å². The van der Waals surface area contributed by atoms with Crippen molar-refractivity contribution in [3.63, 3.8) is 0 Å². The van der Waals surface area contributed by atoms with E-state index in [2.05, 4.69) is 15.9 Å². The van der Waals surface area contributed by atoms with Gasteiger partial charge in [0.2, 0.25) is 0 Å². The fourth-order valence-corrected chi connectivity index (χ4v) is 2.70. The highest BCUT2D eigenvalue weighted by molar-refractivity contribution is 9.10. The minimum Gasteiger partial charge on any atom is -0.422 e. The summed E-state index contributed by atoms with van der Waals surface area (Å²) in [6, 6.07) is 11.5. The maximum absolute atomic E-state index is 13.4. The van der Waals surface area contributed by atoms with Crippen molar-refractivity contribution in [3.05, 3.63) is 68.7 Å². The summed E-state index contributed by atoms with van der Waals surface area (Å²) in [6.07, 6.45) is 0. The van der Waals surface area contributed by atoms with Crippen LogP contribution in [0.25, 0.3) is 22.1 Å². The Morgan fingerprint density at radius 3 is 2.70 bits per heavy atom. The van der Waals surface area contributed by atoms with Crippen LogP contribution in [-0.2, 0) is 0 Å². The summed E-state index contributed by atoms with van der Waals surface area (Å²) in [5.41, 5.74) is 1.90. The highest BCUT2D eigenvalue weighted by atomic mass is 79.9. The normalized spacial score (nSPS) is 10.9. The predicted molar refractivity (Wildman–Crippen MR) is 80.3 cm³/mol. The first-order valence-electron chi connectivity index (χ1n) is 6.05. The molecule has 0 amide bonds. The molecular weight excluding hydrogens is 323 g/mol. The lowest BCUT2D eigenvalue weighted by molar-refractivity contribution is 0.560. The molecule has 0 atom stereocenters. The Morgan fingerprint density at radius 1 is 1.15 bits per heavy atom. The third-order valence-corrected chi connectivity index (χ3v) is 3.73. The lowest BCUT2D eigenvalue weighted by Crippen LogP contribution is -2.06. The molecule has 3 rings (SSSR count). The summed E-state index contributed by atoms with van der Waals surface area (Å²) < 4.78 is 19.5. The molecule has 0 unspecified atom stereocenters. The summed E-state index contributed by atoms with van der Waals surface area (Å²) >= 11 is 3.38. The summed E-state index contributed by atoms with van der Waals surface area (Å²) in [7, 11) is 0. The molecule has 0 N–H and O–H groups in total. The van der Waals surface area contributed by atoms with E-state index in [4.69, 9.17) is 4.42 Å². The molecule has 0 aliphatic heterocycles. The Morgan fingerprint density at radius 2 is 1.95 bits per heavy atom. The average molecular weight is 333 g/mol. The molecule has 100 valence electrons. The van der Waals surface area contributed by atoms with E-state index in [0.717, 1.165) is 10.0 Å². The molecule has 0 spiro atoms. The van der Waals surface area contributed by atoms with Crippen molar-refractivity contribution in [2.75, 3.05) is 0 Å². The van der Waals surface area contributed by atoms with Gasteiger partial charge in [-0.3, -0.25) is 0 Å². The summed E-state index contributed by atoms with van der Waals surface area (Å²) in [4.78, 5) is 12.2. The van der Waals surface area contributed by atoms with Gasteiger partial charge in [0.1, 0.15) is 11.4 Å². The monoisotopic (exact) mass is 332 g/mol. The van der Waals surface area contributed by atoms with E-state index in [0.29, 0.717) is 22.1 Å². The van der Waals surface area contributed by atoms with Crippen molar-refractivity contribution in [2.45, 2.75) is 6.92 Å². The van der Waals surface area contributed by atoms with Crippen LogP contribution in [0.15, 0.2) is 56.1 Å². The molecule has 3 aromatic rings. The lowest BCUT2D eigenvalue weighted by atomic mass is 10.00. The zero-order valence-electron chi connectivity index (χ0n) is 10.6. The van der Waals surface area contributed by atoms with Crippen LogP contribution in [0.5, 0.6) is 0 Å². The molecule has 0 aliphatic rings. The molecule has 0 saturated carbocycles. The first-order valence-corrected chi connectivity index (χ1v) is 6.84. The van der Waals surface area contributed by atoms with Crippen LogP contribution in [0.1, 0.15) is 5.56 Å². The number of halogens is 2. The number of benzene rings is 2. The van der Waals surface area contributed by atoms with Gasteiger partial charge >= 0.3 is 5.63 Å². The Bertz CT molecular complexity index is 868. The molecular formula is C16H10BrFO2. The van der Waals surface area contributed by atoms with E-state index in [-0.39, 0.29) is 5.82 Å². The van der Waals surface area contributed by atoms with Gasteiger partial charge in [0.25, 0.3) is 0 Å². The zero-order valence-corrected chi connectivity index (χ0v) is 12.2. The quantitative estimate of drug-likeness (QED) is 0.606. The van der Waals surface area contributed by atoms with Crippen molar-refractivity contribution >= 4 is 26.9 Å². The van der Waals surface area contributed by atoms with Crippen molar-refractivity contribution in [3.8, 4) is 11.1 Å². The molecule has 1 heterocycles. The third-order valence-electron chi connectivity index (χ3n) is 3.24. The largest absolute Gasteiger partial charge is 0.422 e. The molecule has 0 radical (unpaired) electrons. The van der Waals surface area contributed by atoms with E-state index in [1.165, 1.54) is 18.2 Å². The van der Waals surface area contributed by atoms with E-state index in [9.17, 15) is 9.18 Å². The van der Waals surface area contributed by atoms with Gasteiger partial charge in [-0.1, -0.05) is 28.1 Å². The standard InChI is InChI=1S/C16H10BrFO2/c1-9-13-8-12(18)5-6-14(13)20-16(19)15(9)10-3-2-4-11(17)7-10/h2-8H,1H3. The molecule has 0 aliphatic carbocycles. The summed E-state index contributed by atoms with van der Waals surface area (Å²) in [6.45, 7) is 1.80. The SMILES string of the molecule is Cc1c(-c2cccc(Br)c2)c(=O)oc2ccc(F)cc12. The van der Waals surface area contributed by atoms with Gasteiger partial charge in [-0.15, -0.1) is 0 Å². The van der Waals surface area contributed by atoms with Crippen LogP contribution in [0.4, 0.5) is 4.39 Å². The summed E-state index contributed by atoms with van der Waals surface area (Å²) in [5, 5.41) is 0.611. The first-order chi connectivity index (χ1) is 9.56. The minimum atomic E-state index is -0.417. The average Bonchev–Trinajstić information content (AvgIpc) is 2.40. The van der Waals surface area contributed by atoms with Crippen LogP contribution in [0, 0.1) is 12.7 Å². The molecule has 0 fully saturated rings. The molecule has 2 nitrogen and oxygen atoms in total. The van der Waals surface area contributed by atoms with Crippen molar-refractivity contribution < 1.29 is 8.81 Å². The Balaban J connectivity index is 2.39. The van der Waals surface area contributed by atoms with Crippen LogP contribution in [-0.4, -0.2) is 0 Å². The number of fused-ring (bicyclic) bond motifs is 1. The Hall–Kier alpha value is -1.94. The van der Waals surface area contributed by atoms with Crippen LogP contribution in [0.2, 0.25) is 0 Å². The molecule has 0 saturated heterocycles. The number of hydrogen-bond acceptors (Lipinski definition) is 2. The number of aryl methyl sites for hydroxylation is 1. The fraction of sp³-hybridized carbons (Fsp3) is 0.0625. The molecule has 2 aromatic carbocycles. The van der Waals surface area contributed by atoms with Crippen molar-refractivity contribution in [2.24, 2.45) is 0 Å². The molecule has 1 aromatic heterocycles. The van der Waals surface area contributed by atoms with E-state index < -0.39 is 5.63 Å². The molecule has 4 heteroatoms. The number of rotatable bonds is 1. The smallest absolute Gasteiger partial charge is 0.344 e. The Labute approximate surface area is 123 Å². The van der Waals surface area contributed by atoms with Gasteiger partial charge in [0.15, 0.2) is 0 Å². The first kappa shape index (κ1) is 13.1. The second-order valence-electron chi connectivity index (χ2n) is 4.54. The number of hydrogen-bond donors (Lipinski definition) is 0. The predicted octanol–water partition coefficient (Wildman–Crippen LogP) is 4.67. The minimum absolute atomic E-state index is 0.352. The van der Waals surface area contributed by atoms with Gasteiger partial charge in [-0.2, -0.15) is 0 Å². The van der Waals surface area contributed by atoms with E-state index in [1.807, 2.05) is 24.3 Å². The van der Waals surface area contributed by atoms with Crippen molar-refractivity contribution in [1.29, 1.82) is 0 Å². The van der Waals surface area contributed by atoms with Gasteiger partial charge in [-0.05, 0) is 48.4 Å². The van der Waals surface area contributed by atoms with Crippen LogP contribution in [0.3, 0.4) is 0 Å². The van der Waals surface area contributed by atoms with Crippen LogP contribution >= 0.6 is 15.9 Å². The van der Waals surface area contributed by atoms with E-state index >= 15 is 0 Å². The zero-order chi connectivity index (χ0) is 14.3. The maximum atomic E-state index is 13.4. The van der Waals surface area contributed by atoms with Crippen molar-refractivity contribution in [1.82, 2.24) is 0 Å². The lowest BCUT2D eigenvalue weighted by Gasteiger charge is -2.08. The van der Waals surface area contributed by atoms with Crippen LogP contribution < -0.4 is 5.63 Å². The highest BCUT2D eigenvalue weighted by Gasteiger charge is 2.13. The Kier molecular flexibility index (Phi) is 3.18. The highest BCUT2D eigenvalue weighted by Crippen LogP contribution is 2.28. The van der Waals surface area contributed by atoms with E-state index in [1.54, 1.807) is 6.92 Å². The van der Waals surface area contributed by atoms with Gasteiger partial charge in [0.05, 0.1) is 5.56 Å². The molecule has 20 heavy (non-hydrogen) atoms.